The van der Waals surface area contributed by atoms with Gasteiger partial charge in [-0.2, -0.15) is 0 Å². The Kier molecular flexibility index (Phi) is 7.65. The summed E-state index contributed by atoms with van der Waals surface area (Å²) in [5.41, 5.74) is 5.19. The van der Waals surface area contributed by atoms with Gasteiger partial charge < -0.3 is 14.0 Å². The summed E-state index contributed by atoms with van der Waals surface area (Å²) in [4.78, 5) is 14.7. The maximum absolute atomic E-state index is 13.0. The molecule has 0 radical (unpaired) electrons. The molecule has 0 bridgehead atoms. The third kappa shape index (κ3) is 6.01. The predicted molar refractivity (Wildman–Crippen MR) is 146 cm³/mol. The predicted octanol–water partition coefficient (Wildman–Crippen LogP) is 5.89. The second-order valence-electron chi connectivity index (χ2n) is 11.9. The van der Waals surface area contributed by atoms with Crippen LogP contribution in [0.15, 0.2) is 36.4 Å². The van der Waals surface area contributed by atoms with Crippen LogP contribution < -0.4 is 14.4 Å². The average molecular weight is 513 g/mol. The van der Waals surface area contributed by atoms with Gasteiger partial charge in [0.15, 0.2) is 0 Å². The first-order chi connectivity index (χ1) is 16.9. The third-order valence-corrected chi connectivity index (χ3v) is 8.41. The molecule has 0 aromatic heterocycles. The SMILES string of the molecule is COc1cccc2c1CC(Cc1ccc3c(c1)[C@H](N[S+]([O-])C(C)(C)C)CCN3C(=O)OC(C)(C)C)C2. The molecule has 36 heavy (non-hydrogen) atoms. The number of anilines is 1. The lowest BCUT2D eigenvalue weighted by Gasteiger charge is -2.37. The van der Waals surface area contributed by atoms with Gasteiger partial charge in [0, 0.05) is 17.9 Å². The number of ether oxygens (including phenoxy) is 2. The van der Waals surface area contributed by atoms with Crippen LogP contribution in [0.2, 0.25) is 0 Å². The lowest BCUT2D eigenvalue weighted by Crippen LogP contribution is -2.46. The second-order valence-corrected chi connectivity index (χ2v) is 13.9. The maximum Gasteiger partial charge on any atom is 0.414 e. The Balaban J connectivity index is 1.60. The van der Waals surface area contributed by atoms with E-state index in [4.69, 9.17) is 9.47 Å². The fraction of sp³-hybridized carbons (Fsp3) is 0.552. The highest BCUT2D eigenvalue weighted by Gasteiger charge is 2.36. The molecule has 2 aromatic carbocycles. The number of nitrogens with one attached hydrogen (secondary N) is 1. The van der Waals surface area contributed by atoms with Gasteiger partial charge in [-0.1, -0.05) is 24.3 Å². The molecule has 1 N–H and O–H groups in total. The van der Waals surface area contributed by atoms with E-state index in [0.717, 1.165) is 36.3 Å². The van der Waals surface area contributed by atoms with Gasteiger partial charge in [-0.05, 0) is 108 Å². The van der Waals surface area contributed by atoms with Gasteiger partial charge >= 0.3 is 6.09 Å². The van der Waals surface area contributed by atoms with Crippen molar-refractivity contribution < 1.29 is 18.8 Å². The molecule has 3 atom stereocenters. The van der Waals surface area contributed by atoms with Crippen LogP contribution in [0.1, 0.15) is 76.3 Å². The number of hydrogen-bond donors (Lipinski definition) is 1. The Labute approximate surface area is 219 Å². The summed E-state index contributed by atoms with van der Waals surface area (Å²) in [5, 5.41) is 0. The summed E-state index contributed by atoms with van der Waals surface area (Å²) >= 11 is -1.22. The summed E-state index contributed by atoms with van der Waals surface area (Å²) in [6.07, 6.45) is 3.29. The van der Waals surface area contributed by atoms with Crippen LogP contribution in [0.5, 0.6) is 5.75 Å². The van der Waals surface area contributed by atoms with Gasteiger partial charge in [0.25, 0.3) is 0 Å². The largest absolute Gasteiger partial charge is 0.598 e. The number of nitrogens with zero attached hydrogens (tertiary/aromatic N) is 1. The minimum Gasteiger partial charge on any atom is -0.598 e. The van der Waals surface area contributed by atoms with Crippen molar-refractivity contribution >= 4 is 23.1 Å². The monoisotopic (exact) mass is 512 g/mol. The Morgan fingerprint density at radius 2 is 1.89 bits per heavy atom. The molecule has 6 nitrogen and oxygen atoms in total. The number of amides is 1. The van der Waals surface area contributed by atoms with Crippen molar-refractivity contribution in [2.24, 2.45) is 5.92 Å². The summed E-state index contributed by atoms with van der Waals surface area (Å²) in [7, 11) is 1.73. The quantitative estimate of drug-likeness (QED) is 0.506. The number of carbonyl (C=O) groups is 1. The van der Waals surface area contributed by atoms with E-state index in [1.54, 1.807) is 12.0 Å². The summed E-state index contributed by atoms with van der Waals surface area (Å²) < 4.78 is 27.2. The number of hydrogen-bond acceptors (Lipinski definition) is 5. The molecule has 1 aliphatic heterocycles. The van der Waals surface area contributed by atoms with Gasteiger partial charge in [0.05, 0.1) is 18.8 Å². The number of carbonyl (C=O) groups excluding carboxylic acids is 1. The molecular formula is C29H40N2O4S. The highest BCUT2D eigenvalue weighted by Crippen LogP contribution is 2.39. The summed E-state index contributed by atoms with van der Waals surface area (Å²) in [6, 6.07) is 12.6. The molecule has 0 saturated carbocycles. The van der Waals surface area contributed by atoms with Crippen molar-refractivity contribution in [1.29, 1.82) is 0 Å². The zero-order valence-corrected chi connectivity index (χ0v) is 23.5. The van der Waals surface area contributed by atoms with Gasteiger partial charge in [-0.15, -0.1) is 4.72 Å². The summed E-state index contributed by atoms with van der Waals surface area (Å²) in [6.45, 7) is 12.1. The van der Waals surface area contributed by atoms with Crippen molar-refractivity contribution in [3.05, 3.63) is 58.7 Å². The molecule has 2 unspecified atom stereocenters. The van der Waals surface area contributed by atoms with Crippen LogP contribution in [-0.4, -0.2) is 34.6 Å². The number of fused-ring (bicyclic) bond motifs is 2. The number of methoxy groups -OCH3 is 1. The van der Waals surface area contributed by atoms with Gasteiger partial charge in [0.1, 0.15) is 16.1 Å². The lowest BCUT2D eigenvalue weighted by atomic mass is 9.91. The Morgan fingerprint density at radius 3 is 2.56 bits per heavy atom. The fourth-order valence-corrected chi connectivity index (χ4v) is 5.96. The standard InChI is InChI=1S/C29H40N2O4S/c1-28(2,3)35-27(32)31-14-13-24(30-36(33)29(4,5)6)23-17-19(11-12-25(23)31)15-20-16-21-9-8-10-26(34-7)22(21)18-20/h8-12,17,20,24,30H,13-16,18H2,1-7H3/t20?,24-,36?/m1/s1. The molecule has 4 rings (SSSR count). The number of rotatable bonds is 5. The Morgan fingerprint density at radius 1 is 1.14 bits per heavy atom. The maximum atomic E-state index is 13.0. The molecule has 1 heterocycles. The van der Waals surface area contributed by atoms with Gasteiger partial charge in [-0.3, -0.25) is 4.90 Å². The van der Waals surface area contributed by atoms with E-state index in [9.17, 15) is 9.35 Å². The van der Waals surface area contributed by atoms with Crippen LogP contribution in [0.25, 0.3) is 0 Å². The molecule has 0 fully saturated rings. The Hall–Kier alpha value is -2.22. The van der Waals surface area contributed by atoms with E-state index in [2.05, 4.69) is 29.0 Å². The van der Waals surface area contributed by atoms with E-state index in [1.165, 1.54) is 16.7 Å². The zero-order chi connectivity index (χ0) is 26.3. The van der Waals surface area contributed by atoms with Gasteiger partial charge in [-0.25, -0.2) is 4.79 Å². The highest BCUT2D eigenvalue weighted by molar-refractivity contribution is 7.90. The van der Waals surface area contributed by atoms with Crippen molar-refractivity contribution in [3.63, 3.8) is 0 Å². The third-order valence-electron chi connectivity index (χ3n) is 6.79. The normalized spacial score (nSPS) is 20.5. The smallest absolute Gasteiger partial charge is 0.414 e. The van der Waals surface area contributed by atoms with E-state index in [-0.39, 0.29) is 16.9 Å². The van der Waals surface area contributed by atoms with E-state index in [1.807, 2.05) is 53.7 Å². The van der Waals surface area contributed by atoms with Crippen molar-refractivity contribution in [1.82, 2.24) is 4.72 Å². The summed E-state index contributed by atoms with van der Waals surface area (Å²) in [5.74, 6) is 1.47. The average Bonchev–Trinajstić information content (AvgIpc) is 3.19. The molecule has 7 heteroatoms. The molecule has 1 aliphatic carbocycles. The zero-order valence-electron chi connectivity index (χ0n) is 22.6. The van der Waals surface area contributed by atoms with Crippen LogP contribution in [0.3, 0.4) is 0 Å². The lowest BCUT2D eigenvalue weighted by molar-refractivity contribution is 0.0576. The number of benzene rings is 2. The van der Waals surface area contributed by atoms with Crippen molar-refractivity contribution in [3.8, 4) is 5.75 Å². The van der Waals surface area contributed by atoms with Crippen LogP contribution >= 0.6 is 0 Å². The first kappa shape index (κ1) is 26.8. The van der Waals surface area contributed by atoms with E-state index < -0.39 is 17.0 Å². The molecule has 196 valence electrons. The minimum atomic E-state index is -1.22. The first-order valence-corrected chi connectivity index (χ1v) is 14.0. The minimum absolute atomic E-state index is 0.0976. The van der Waals surface area contributed by atoms with Crippen LogP contribution in [0, 0.1) is 5.92 Å². The van der Waals surface area contributed by atoms with E-state index >= 15 is 0 Å². The molecule has 1 amide bonds. The molecule has 0 spiro atoms. The van der Waals surface area contributed by atoms with Crippen LogP contribution in [0.4, 0.5) is 10.5 Å². The van der Waals surface area contributed by atoms with Crippen molar-refractivity contribution in [2.45, 2.75) is 83.6 Å². The molecule has 2 aliphatic rings. The fourth-order valence-electron chi connectivity index (χ4n) is 5.10. The molecule has 2 aromatic rings. The topological polar surface area (TPSA) is 73.9 Å². The second kappa shape index (κ2) is 10.3. The highest BCUT2D eigenvalue weighted by atomic mass is 32.2. The van der Waals surface area contributed by atoms with Crippen molar-refractivity contribution in [2.75, 3.05) is 18.6 Å². The molecular weight excluding hydrogens is 472 g/mol. The molecule has 0 saturated heterocycles. The van der Waals surface area contributed by atoms with Gasteiger partial charge in [0.2, 0.25) is 0 Å². The Bertz CT molecular complexity index is 1110. The first-order valence-electron chi connectivity index (χ1n) is 12.8. The van der Waals surface area contributed by atoms with E-state index in [0.29, 0.717) is 18.9 Å². The van der Waals surface area contributed by atoms with Crippen LogP contribution in [-0.2, 0) is 35.4 Å².